The molecule has 2 fully saturated rings. The lowest BCUT2D eigenvalue weighted by Crippen LogP contribution is -2.36. The zero-order chi connectivity index (χ0) is 11.1. The summed E-state index contributed by atoms with van der Waals surface area (Å²) in [6.45, 7) is 0. The van der Waals surface area contributed by atoms with Gasteiger partial charge in [-0.3, -0.25) is 16.0 Å². The van der Waals surface area contributed by atoms with Gasteiger partial charge in [0.15, 0.2) is 0 Å². The van der Waals surface area contributed by atoms with Gasteiger partial charge in [-0.05, 0) is 43.1 Å². The Balaban J connectivity index is 1.81. The zero-order valence-corrected chi connectivity index (χ0v) is 9.76. The van der Waals surface area contributed by atoms with E-state index in [1.54, 1.807) is 0 Å². The first-order valence-corrected chi connectivity index (χ1v) is 6.23. The normalized spacial score (nSPS) is 34.5. The molecule has 2 aliphatic rings. The van der Waals surface area contributed by atoms with Gasteiger partial charge in [0.25, 0.3) is 0 Å². The van der Waals surface area contributed by atoms with Crippen molar-refractivity contribution in [2.24, 2.45) is 30.6 Å². The fourth-order valence-electron chi connectivity index (χ4n) is 3.73. The third-order valence-corrected chi connectivity index (χ3v) is 4.45. The van der Waals surface area contributed by atoms with Crippen LogP contribution in [0.2, 0.25) is 0 Å². The molecular formula is C12H20N4. The van der Waals surface area contributed by atoms with Gasteiger partial charge in [0.2, 0.25) is 0 Å². The van der Waals surface area contributed by atoms with E-state index < -0.39 is 0 Å². The fourth-order valence-corrected chi connectivity index (χ4v) is 3.73. The summed E-state index contributed by atoms with van der Waals surface area (Å²) in [4.78, 5) is 0. The highest BCUT2D eigenvalue weighted by atomic mass is 15.3. The molecule has 2 saturated carbocycles. The third-order valence-electron chi connectivity index (χ3n) is 4.45. The minimum absolute atomic E-state index is 0.247. The number of nitrogens with one attached hydrogen (secondary N) is 1. The highest BCUT2D eigenvalue weighted by Gasteiger charge is 2.43. The summed E-state index contributed by atoms with van der Waals surface area (Å²) in [6.07, 6.45) is 7.56. The van der Waals surface area contributed by atoms with Crippen molar-refractivity contribution in [1.82, 2.24) is 15.2 Å². The number of nitrogens with zero attached hydrogens (tertiary/aromatic N) is 2. The predicted octanol–water partition coefficient (Wildman–Crippen LogP) is 1.36. The maximum Gasteiger partial charge on any atom is 0.0810 e. The Hall–Kier alpha value is -0.870. The van der Waals surface area contributed by atoms with Crippen molar-refractivity contribution in [3.8, 4) is 0 Å². The topological polar surface area (TPSA) is 55.9 Å². The van der Waals surface area contributed by atoms with E-state index in [0.717, 1.165) is 17.5 Å². The van der Waals surface area contributed by atoms with Gasteiger partial charge in [-0.25, -0.2) is 0 Å². The smallest absolute Gasteiger partial charge is 0.0810 e. The van der Waals surface area contributed by atoms with E-state index >= 15 is 0 Å². The standard InChI is InChI=1S/C12H20N4/c1-16-5-4-11(15-16)12(14-13)10-7-8-2-3-9(10)6-8/h4-5,8-10,12,14H,2-3,6-7,13H2,1H3. The third kappa shape index (κ3) is 1.57. The highest BCUT2D eigenvalue weighted by Crippen LogP contribution is 2.52. The molecule has 2 bridgehead atoms. The quantitative estimate of drug-likeness (QED) is 0.597. The Kier molecular flexibility index (Phi) is 2.48. The van der Waals surface area contributed by atoms with Crippen LogP contribution >= 0.6 is 0 Å². The van der Waals surface area contributed by atoms with Gasteiger partial charge in [-0.1, -0.05) is 6.42 Å². The van der Waals surface area contributed by atoms with E-state index in [9.17, 15) is 0 Å². The van der Waals surface area contributed by atoms with Crippen molar-refractivity contribution in [3.05, 3.63) is 18.0 Å². The molecular weight excluding hydrogens is 200 g/mol. The predicted molar refractivity (Wildman–Crippen MR) is 62.2 cm³/mol. The van der Waals surface area contributed by atoms with E-state index in [4.69, 9.17) is 5.84 Å². The summed E-state index contributed by atoms with van der Waals surface area (Å²) >= 11 is 0. The average molecular weight is 220 g/mol. The van der Waals surface area contributed by atoms with Crippen molar-refractivity contribution in [3.63, 3.8) is 0 Å². The molecule has 0 aromatic carbocycles. The molecule has 4 unspecified atom stereocenters. The second kappa shape index (κ2) is 3.86. The molecule has 0 aliphatic heterocycles. The minimum atomic E-state index is 0.247. The van der Waals surface area contributed by atoms with E-state index in [1.807, 2.05) is 17.9 Å². The van der Waals surface area contributed by atoms with Crippen LogP contribution in [0.1, 0.15) is 37.4 Å². The van der Waals surface area contributed by atoms with Crippen LogP contribution in [-0.4, -0.2) is 9.78 Å². The molecule has 1 aromatic heterocycles. The monoisotopic (exact) mass is 220 g/mol. The van der Waals surface area contributed by atoms with Crippen LogP contribution in [0.15, 0.2) is 12.3 Å². The van der Waals surface area contributed by atoms with E-state index in [0.29, 0.717) is 5.92 Å². The lowest BCUT2D eigenvalue weighted by molar-refractivity contribution is 0.248. The van der Waals surface area contributed by atoms with Crippen LogP contribution in [0.5, 0.6) is 0 Å². The molecule has 0 radical (unpaired) electrons. The number of hydrogen-bond acceptors (Lipinski definition) is 3. The largest absolute Gasteiger partial charge is 0.275 e. The molecule has 4 heteroatoms. The summed E-state index contributed by atoms with van der Waals surface area (Å²) in [7, 11) is 1.96. The molecule has 0 saturated heterocycles. The first-order chi connectivity index (χ1) is 7.78. The Morgan fingerprint density at radius 1 is 1.50 bits per heavy atom. The molecule has 1 heterocycles. The lowest BCUT2D eigenvalue weighted by atomic mass is 9.82. The molecule has 16 heavy (non-hydrogen) atoms. The maximum atomic E-state index is 5.73. The highest BCUT2D eigenvalue weighted by molar-refractivity contribution is 5.10. The van der Waals surface area contributed by atoms with Crippen LogP contribution in [-0.2, 0) is 7.05 Å². The van der Waals surface area contributed by atoms with Gasteiger partial charge in [0, 0.05) is 13.2 Å². The van der Waals surface area contributed by atoms with E-state index in [-0.39, 0.29) is 6.04 Å². The van der Waals surface area contributed by atoms with Crippen LogP contribution in [0.3, 0.4) is 0 Å². The maximum absolute atomic E-state index is 5.73. The SMILES string of the molecule is Cn1ccc(C(NN)C2CC3CCC2C3)n1. The molecule has 4 atom stereocenters. The van der Waals surface area contributed by atoms with Crippen molar-refractivity contribution < 1.29 is 0 Å². The van der Waals surface area contributed by atoms with Gasteiger partial charge in [0.05, 0.1) is 11.7 Å². The van der Waals surface area contributed by atoms with Crippen molar-refractivity contribution >= 4 is 0 Å². The lowest BCUT2D eigenvalue weighted by Gasteiger charge is -2.28. The Morgan fingerprint density at radius 3 is 2.88 bits per heavy atom. The summed E-state index contributed by atoms with van der Waals surface area (Å²) < 4.78 is 1.85. The molecule has 1 aromatic rings. The summed E-state index contributed by atoms with van der Waals surface area (Å²) in [5, 5.41) is 4.48. The van der Waals surface area contributed by atoms with Crippen molar-refractivity contribution in [2.75, 3.05) is 0 Å². The first kappa shape index (κ1) is 10.3. The number of nitrogens with two attached hydrogens (primary N) is 1. The van der Waals surface area contributed by atoms with Gasteiger partial charge in [-0.2, -0.15) is 5.10 Å². The van der Waals surface area contributed by atoms with Gasteiger partial charge < -0.3 is 0 Å². The molecule has 3 N–H and O–H groups in total. The Bertz CT molecular complexity index is 373. The van der Waals surface area contributed by atoms with E-state index in [2.05, 4.69) is 16.6 Å². The Labute approximate surface area is 96.2 Å². The Morgan fingerprint density at radius 2 is 2.38 bits per heavy atom. The number of rotatable bonds is 3. The first-order valence-electron chi connectivity index (χ1n) is 6.23. The molecule has 2 aliphatic carbocycles. The van der Waals surface area contributed by atoms with Crippen molar-refractivity contribution in [2.45, 2.75) is 31.7 Å². The number of hydrazine groups is 1. The number of aromatic nitrogens is 2. The van der Waals surface area contributed by atoms with Gasteiger partial charge in [-0.15, -0.1) is 0 Å². The van der Waals surface area contributed by atoms with Crippen LogP contribution in [0.4, 0.5) is 0 Å². The number of aryl methyl sites for hydroxylation is 1. The zero-order valence-electron chi connectivity index (χ0n) is 9.76. The second-order valence-electron chi connectivity index (χ2n) is 5.40. The molecule has 4 nitrogen and oxygen atoms in total. The molecule has 0 amide bonds. The number of fused-ring (bicyclic) bond motifs is 2. The van der Waals surface area contributed by atoms with E-state index in [1.165, 1.54) is 25.7 Å². The van der Waals surface area contributed by atoms with Gasteiger partial charge in [0.1, 0.15) is 0 Å². The van der Waals surface area contributed by atoms with Crippen LogP contribution < -0.4 is 11.3 Å². The van der Waals surface area contributed by atoms with Crippen LogP contribution in [0, 0.1) is 17.8 Å². The molecule has 88 valence electrons. The van der Waals surface area contributed by atoms with Gasteiger partial charge >= 0.3 is 0 Å². The average Bonchev–Trinajstić information content (AvgIpc) is 2.96. The molecule has 3 rings (SSSR count). The van der Waals surface area contributed by atoms with Crippen molar-refractivity contribution in [1.29, 1.82) is 0 Å². The number of hydrogen-bond donors (Lipinski definition) is 2. The minimum Gasteiger partial charge on any atom is -0.275 e. The fraction of sp³-hybridized carbons (Fsp3) is 0.750. The van der Waals surface area contributed by atoms with Crippen LogP contribution in [0.25, 0.3) is 0 Å². The molecule has 0 spiro atoms. The summed E-state index contributed by atoms with van der Waals surface area (Å²) in [6, 6.07) is 2.33. The second-order valence-corrected chi connectivity index (χ2v) is 5.40. The summed E-state index contributed by atoms with van der Waals surface area (Å²) in [5.41, 5.74) is 4.08. The summed E-state index contributed by atoms with van der Waals surface area (Å²) in [5.74, 6) is 8.24.